The van der Waals surface area contributed by atoms with Gasteiger partial charge in [0.15, 0.2) is 0 Å². The Bertz CT molecular complexity index is 391. The summed E-state index contributed by atoms with van der Waals surface area (Å²) < 4.78 is 5.39. The van der Waals surface area contributed by atoms with E-state index in [1.807, 2.05) is 18.2 Å². The lowest BCUT2D eigenvalue weighted by Crippen LogP contribution is -2.28. The molecule has 0 saturated carbocycles. The number of hydrogen-bond donors (Lipinski definition) is 2. The van der Waals surface area contributed by atoms with Crippen LogP contribution < -0.4 is 15.4 Å². The van der Waals surface area contributed by atoms with Gasteiger partial charge in [0.1, 0.15) is 12.4 Å². The number of carbonyl (C=O) groups is 1. The monoisotopic (exact) mass is 248 g/mol. The van der Waals surface area contributed by atoms with Crippen molar-refractivity contribution in [1.29, 1.82) is 0 Å². The zero-order chi connectivity index (χ0) is 13.2. The number of benzene rings is 1. The highest BCUT2D eigenvalue weighted by molar-refractivity contribution is 5.92. The van der Waals surface area contributed by atoms with Gasteiger partial charge < -0.3 is 15.4 Å². The molecule has 0 aromatic heterocycles. The zero-order valence-corrected chi connectivity index (χ0v) is 10.7. The molecule has 2 N–H and O–H groups in total. The molecule has 0 fully saturated rings. The summed E-state index contributed by atoms with van der Waals surface area (Å²) >= 11 is 0. The van der Waals surface area contributed by atoms with Gasteiger partial charge in [-0.15, -0.1) is 0 Å². The summed E-state index contributed by atoms with van der Waals surface area (Å²) in [5.41, 5.74) is 0.736. The molecule has 98 valence electrons. The summed E-state index contributed by atoms with van der Waals surface area (Å²) in [5.74, 6) is 0.665. The lowest BCUT2D eigenvalue weighted by atomic mass is 10.3. The topological polar surface area (TPSA) is 50.4 Å². The van der Waals surface area contributed by atoms with Gasteiger partial charge >= 0.3 is 0 Å². The van der Waals surface area contributed by atoms with Crippen LogP contribution in [0, 0.1) is 0 Å². The maximum Gasteiger partial charge on any atom is 0.238 e. The fourth-order valence-corrected chi connectivity index (χ4v) is 1.40. The number of amides is 1. The highest BCUT2D eigenvalue weighted by Gasteiger charge is 2.02. The molecule has 0 bridgehead atoms. The Kier molecular flexibility index (Phi) is 6.58. The molecule has 1 amide bonds. The normalized spacial score (nSPS) is 9.83. The molecular formula is C14H20N2O2. The van der Waals surface area contributed by atoms with Gasteiger partial charge in [0.05, 0.1) is 6.54 Å². The van der Waals surface area contributed by atoms with E-state index in [1.54, 1.807) is 12.1 Å². The number of hydrogen-bond acceptors (Lipinski definition) is 3. The molecule has 0 radical (unpaired) electrons. The highest BCUT2D eigenvalue weighted by Crippen LogP contribution is 2.17. The molecular weight excluding hydrogens is 228 g/mol. The average molecular weight is 248 g/mol. The van der Waals surface area contributed by atoms with Crippen molar-refractivity contribution in [2.75, 3.05) is 25.0 Å². The van der Waals surface area contributed by atoms with Gasteiger partial charge in [-0.3, -0.25) is 4.79 Å². The SMILES string of the molecule is C=CCOc1cccc(NC(=O)CNCCC)c1. The van der Waals surface area contributed by atoms with Gasteiger partial charge in [-0.05, 0) is 25.1 Å². The van der Waals surface area contributed by atoms with Crippen LogP contribution in [0.25, 0.3) is 0 Å². The Morgan fingerprint density at radius 1 is 1.50 bits per heavy atom. The van der Waals surface area contributed by atoms with Crippen molar-refractivity contribution in [2.45, 2.75) is 13.3 Å². The summed E-state index contributed by atoms with van der Waals surface area (Å²) in [4.78, 5) is 11.6. The quantitative estimate of drug-likeness (QED) is 0.547. The molecule has 0 aliphatic heterocycles. The van der Waals surface area contributed by atoms with E-state index in [2.05, 4.69) is 24.1 Å². The molecule has 0 atom stereocenters. The fourth-order valence-electron chi connectivity index (χ4n) is 1.40. The molecule has 0 heterocycles. The number of rotatable bonds is 8. The standard InChI is InChI=1S/C14H20N2O2/c1-3-8-15-11-14(17)16-12-6-5-7-13(10-12)18-9-4-2/h4-7,10,15H,2-3,8-9,11H2,1H3,(H,16,17). The molecule has 4 heteroatoms. The predicted molar refractivity (Wildman–Crippen MR) is 73.9 cm³/mol. The predicted octanol–water partition coefficient (Wildman–Crippen LogP) is 2.19. The second-order valence-electron chi connectivity index (χ2n) is 3.85. The van der Waals surface area contributed by atoms with E-state index in [0.717, 1.165) is 18.7 Å². The second kappa shape index (κ2) is 8.31. The molecule has 1 aromatic rings. The third-order valence-electron chi connectivity index (χ3n) is 2.20. The zero-order valence-electron chi connectivity index (χ0n) is 10.7. The summed E-state index contributed by atoms with van der Waals surface area (Å²) in [7, 11) is 0. The maximum absolute atomic E-state index is 11.6. The second-order valence-corrected chi connectivity index (χ2v) is 3.85. The maximum atomic E-state index is 11.6. The Balaban J connectivity index is 2.45. The van der Waals surface area contributed by atoms with E-state index in [4.69, 9.17) is 4.74 Å². The number of ether oxygens (including phenoxy) is 1. The summed E-state index contributed by atoms with van der Waals surface area (Å²) in [6.45, 7) is 7.27. The molecule has 0 aliphatic rings. The van der Waals surface area contributed by atoms with Crippen molar-refractivity contribution in [2.24, 2.45) is 0 Å². The van der Waals surface area contributed by atoms with Gasteiger partial charge in [-0.2, -0.15) is 0 Å². The van der Waals surface area contributed by atoms with Crippen LogP contribution in [0.4, 0.5) is 5.69 Å². The van der Waals surface area contributed by atoms with E-state index >= 15 is 0 Å². The smallest absolute Gasteiger partial charge is 0.238 e. The number of carbonyl (C=O) groups excluding carboxylic acids is 1. The largest absolute Gasteiger partial charge is 0.489 e. The van der Waals surface area contributed by atoms with Gasteiger partial charge in [0, 0.05) is 11.8 Å². The first-order chi connectivity index (χ1) is 8.76. The summed E-state index contributed by atoms with van der Waals surface area (Å²) in [5, 5.41) is 5.86. The minimum Gasteiger partial charge on any atom is -0.489 e. The molecule has 18 heavy (non-hydrogen) atoms. The van der Waals surface area contributed by atoms with Crippen molar-refractivity contribution in [3.05, 3.63) is 36.9 Å². The molecule has 0 aliphatic carbocycles. The van der Waals surface area contributed by atoms with Crippen molar-refractivity contribution < 1.29 is 9.53 Å². The Labute approximate surface area is 108 Å². The lowest BCUT2D eigenvalue weighted by molar-refractivity contribution is -0.115. The van der Waals surface area contributed by atoms with Crippen LogP contribution in [-0.4, -0.2) is 25.6 Å². The Morgan fingerprint density at radius 2 is 2.33 bits per heavy atom. The molecule has 0 unspecified atom stereocenters. The van der Waals surface area contributed by atoms with E-state index in [1.165, 1.54) is 0 Å². The van der Waals surface area contributed by atoms with E-state index in [-0.39, 0.29) is 5.91 Å². The minimum absolute atomic E-state index is 0.0516. The van der Waals surface area contributed by atoms with E-state index in [0.29, 0.717) is 18.9 Å². The van der Waals surface area contributed by atoms with Crippen molar-refractivity contribution in [3.63, 3.8) is 0 Å². The van der Waals surface area contributed by atoms with E-state index in [9.17, 15) is 4.79 Å². The number of anilines is 1. The first-order valence-corrected chi connectivity index (χ1v) is 6.10. The molecule has 1 aromatic carbocycles. The van der Waals surface area contributed by atoms with Crippen LogP contribution >= 0.6 is 0 Å². The third-order valence-corrected chi connectivity index (χ3v) is 2.20. The average Bonchev–Trinajstić information content (AvgIpc) is 2.37. The van der Waals surface area contributed by atoms with Crippen LogP contribution in [-0.2, 0) is 4.79 Å². The molecule has 0 saturated heterocycles. The van der Waals surface area contributed by atoms with Gasteiger partial charge in [0.25, 0.3) is 0 Å². The fraction of sp³-hybridized carbons (Fsp3) is 0.357. The van der Waals surface area contributed by atoms with Crippen LogP contribution in [0.5, 0.6) is 5.75 Å². The minimum atomic E-state index is -0.0516. The van der Waals surface area contributed by atoms with Crippen molar-refractivity contribution in [3.8, 4) is 5.75 Å². The molecule has 4 nitrogen and oxygen atoms in total. The highest BCUT2D eigenvalue weighted by atomic mass is 16.5. The van der Waals surface area contributed by atoms with Crippen LogP contribution in [0.15, 0.2) is 36.9 Å². The Morgan fingerprint density at radius 3 is 3.06 bits per heavy atom. The van der Waals surface area contributed by atoms with E-state index < -0.39 is 0 Å². The molecule has 1 rings (SSSR count). The van der Waals surface area contributed by atoms with Crippen LogP contribution in [0.2, 0.25) is 0 Å². The first-order valence-electron chi connectivity index (χ1n) is 6.10. The van der Waals surface area contributed by atoms with Gasteiger partial charge in [-0.1, -0.05) is 25.6 Å². The van der Waals surface area contributed by atoms with Gasteiger partial charge in [0.2, 0.25) is 5.91 Å². The van der Waals surface area contributed by atoms with Crippen LogP contribution in [0.3, 0.4) is 0 Å². The number of nitrogens with one attached hydrogen (secondary N) is 2. The third kappa shape index (κ3) is 5.50. The molecule has 0 spiro atoms. The van der Waals surface area contributed by atoms with Gasteiger partial charge in [-0.25, -0.2) is 0 Å². The van der Waals surface area contributed by atoms with Crippen molar-refractivity contribution >= 4 is 11.6 Å². The summed E-state index contributed by atoms with van der Waals surface area (Å²) in [6.07, 6.45) is 2.69. The van der Waals surface area contributed by atoms with Crippen molar-refractivity contribution in [1.82, 2.24) is 5.32 Å². The van der Waals surface area contributed by atoms with Crippen LogP contribution in [0.1, 0.15) is 13.3 Å². The first kappa shape index (κ1) is 14.3. The summed E-state index contributed by atoms with van der Waals surface area (Å²) in [6, 6.07) is 7.31. The lowest BCUT2D eigenvalue weighted by Gasteiger charge is -2.08. The Hall–Kier alpha value is -1.81.